The van der Waals surface area contributed by atoms with E-state index >= 15 is 0 Å². The topological polar surface area (TPSA) is 278 Å². The lowest BCUT2D eigenvalue weighted by Gasteiger charge is -2.18. The van der Waals surface area contributed by atoms with Crippen LogP contribution in [0.5, 0.6) is 0 Å². The van der Waals surface area contributed by atoms with Gasteiger partial charge >= 0.3 is 35.3 Å². The maximum absolute atomic E-state index is 11.6. The van der Waals surface area contributed by atoms with Gasteiger partial charge < -0.3 is 39.5 Å². The second-order valence-electron chi connectivity index (χ2n) is 9.99. The van der Waals surface area contributed by atoms with Gasteiger partial charge in [-0.3, -0.25) is 24.4 Å². The molecule has 3 heterocycles. The summed E-state index contributed by atoms with van der Waals surface area (Å²) in [5.41, 5.74) is -0.605. The van der Waals surface area contributed by atoms with Gasteiger partial charge in [0.2, 0.25) is 0 Å². The number of hydrogen-bond donors (Lipinski definition) is 6. The zero-order valence-electron chi connectivity index (χ0n) is 26.9. The molecule has 0 fully saturated rings. The van der Waals surface area contributed by atoms with Gasteiger partial charge in [-0.1, -0.05) is 6.58 Å². The summed E-state index contributed by atoms with van der Waals surface area (Å²) in [5.74, 6) is -2.61. The number of methoxy groups -OCH3 is 1. The van der Waals surface area contributed by atoms with E-state index < -0.39 is 46.4 Å². The first-order valence-corrected chi connectivity index (χ1v) is 14.9. The molecule has 19 heteroatoms. The largest absolute Gasteiger partial charge is 0.466 e. The standard InChI is InChI=1S/C19H22N4O7.C12H14N2O6/c1-12-20-13(10-15(24)21-12)4-2-8-29-17(26)6-7-18(27)30-9-3-5-14-11-16(25)23-19(28)22-14;1-19-10(16)4-5-11(17)20-6-2-3-8-7-9(15)14-12(18)13-8/h6-7,10-11,20H,1-5,8-9H2,(H,21,24)(H2,22,23,25,28);4-5,7H,2-3,6H2,1H3,(H2,13,14,15,18)/b7-6+;5-4+. The van der Waals surface area contributed by atoms with E-state index in [2.05, 4.69) is 36.9 Å². The van der Waals surface area contributed by atoms with Gasteiger partial charge in [0.15, 0.2) is 0 Å². The summed E-state index contributed by atoms with van der Waals surface area (Å²) in [4.78, 5) is 110. The smallest absolute Gasteiger partial charge is 0.331 e. The van der Waals surface area contributed by atoms with E-state index in [4.69, 9.17) is 14.2 Å². The van der Waals surface area contributed by atoms with E-state index in [-0.39, 0.29) is 25.7 Å². The van der Waals surface area contributed by atoms with Crippen LogP contribution in [0.15, 0.2) is 79.8 Å². The molecular formula is C31H36N6O13. The van der Waals surface area contributed by atoms with Crippen molar-refractivity contribution in [2.45, 2.75) is 38.5 Å². The molecule has 19 nitrogen and oxygen atoms in total. The highest BCUT2D eigenvalue weighted by Gasteiger charge is 2.11. The van der Waals surface area contributed by atoms with Crippen LogP contribution in [0.2, 0.25) is 0 Å². The highest BCUT2D eigenvalue weighted by atomic mass is 16.5. The number of H-pyrrole nitrogens is 4. The molecule has 2 aromatic rings. The monoisotopic (exact) mass is 700 g/mol. The molecule has 0 spiro atoms. The van der Waals surface area contributed by atoms with Crippen molar-refractivity contribution in [3.8, 4) is 0 Å². The lowest BCUT2D eigenvalue weighted by Crippen LogP contribution is -2.34. The SMILES string of the molecule is C=C1NC(=O)C=C(CCCOC(=O)/C=C/C(=O)OCCCc2cc(=O)[nH]c(=O)[nH]2)N1.COC(=O)/C=C/C(=O)OCCCc1cc(=O)[nH]c(=O)[nH]1. The number of ether oxygens (including phenoxy) is 4. The first-order chi connectivity index (χ1) is 23.8. The van der Waals surface area contributed by atoms with Crippen LogP contribution in [0.1, 0.15) is 37.1 Å². The summed E-state index contributed by atoms with van der Waals surface area (Å²) in [7, 11) is 1.19. The second-order valence-corrected chi connectivity index (χ2v) is 9.99. The Morgan fingerprint density at radius 3 is 1.44 bits per heavy atom. The normalized spacial score (nSPS) is 12.2. The van der Waals surface area contributed by atoms with Crippen molar-refractivity contribution in [2.75, 3.05) is 26.9 Å². The van der Waals surface area contributed by atoms with Gasteiger partial charge in [-0.05, 0) is 38.5 Å². The number of aromatic amines is 4. The number of amides is 1. The number of carbonyl (C=O) groups is 5. The lowest BCUT2D eigenvalue weighted by molar-refractivity contribution is -0.140. The van der Waals surface area contributed by atoms with Crippen molar-refractivity contribution in [2.24, 2.45) is 0 Å². The third-order valence-corrected chi connectivity index (χ3v) is 5.94. The zero-order chi connectivity index (χ0) is 36.9. The van der Waals surface area contributed by atoms with E-state index in [0.29, 0.717) is 61.4 Å². The average Bonchev–Trinajstić information content (AvgIpc) is 3.04. The van der Waals surface area contributed by atoms with Crippen LogP contribution in [-0.2, 0) is 55.8 Å². The fourth-order valence-corrected chi connectivity index (χ4v) is 3.84. The first kappa shape index (κ1) is 39.6. The van der Waals surface area contributed by atoms with Crippen LogP contribution < -0.4 is 33.1 Å². The maximum atomic E-state index is 11.6. The third-order valence-electron chi connectivity index (χ3n) is 5.94. The van der Waals surface area contributed by atoms with Crippen LogP contribution in [0.4, 0.5) is 0 Å². The van der Waals surface area contributed by atoms with Crippen molar-refractivity contribution in [3.05, 3.63) is 114 Å². The Balaban J connectivity index is 0.000000377. The van der Waals surface area contributed by atoms with Crippen LogP contribution in [0.3, 0.4) is 0 Å². The van der Waals surface area contributed by atoms with Gasteiger partial charge in [0.05, 0.1) is 26.9 Å². The van der Waals surface area contributed by atoms with Crippen molar-refractivity contribution >= 4 is 29.8 Å². The molecule has 0 radical (unpaired) electrons. The molecule has 3 rings (SSSR count). The highest BCUT2D eigenvalue weighted by molar-refractivity contribution is 5.92. The molecule has 0 aromatic carbocycles. The molecule has 1 amide bonds. The Morgan fingerprint density at radius 1 is 0.620 bits per heavy atom. The van der Waals surface area contributed by atoms with Gasteiger partial charge in [0.1, 0.15) is 5.82 Å². The van der Waals surface area contributed by atoms with Gasteiger partial charge in [0.25, 0.3) is 17.0 Å². The molecule has 0 saturated carbocycles. The molecule has 0 atom stereocenters. The molecule has 1 aliphatic heterocycles. The fourth-order valence-electron chi connectivity index (χ4n) is 3.84. The summed E-state index contributed by atoms with van der Waals surface area (Å²) in [5, 5.41) is 5.39. The summed E-state index contributed by atoms with van der Waals surface area (Å²) >= 11 is 0. The number of nitrogens with one attached hydrogen (secondary N) is 6. The number of esters is 4. The third kappa shape index (κ3) is 17.4. The summed E-state index contributed by atoms with van der Waals surface area (Å²) in [6.07, 6.45) is 7.75. The van der Waals surface area contributed by atoms with E-state index in [1.165, 1.54) is 25.3 Å². The molecular weight excluding hydrogens is 664 g/mol. The summed E-state index contributed by atoms with van der Waals surface area (Å²) < 4.78 is 19.0. The molecule has 0 aliphatic carbocycles. The molecule has 0 unspecified atom stereocenters. The maximum Gasteiger partial charge on any atom is 0.331 e. The number of aromatic nitrogens is 4. The number of allylic oxidation sites excluding steroid dienone is 1. The van der Waals surface area contributed by atoms with Crippen molar-refractivity contribution in [1.29, 1.82) is 0 Å². The highest BCUT2D eigenvalue weighted by Crippen LogP contribution is 2.07. The van der Waals surface area contributed by atoms with Gasteiger partial charge in [-0.2, -0.15) is 0 Å². The second kappa shape index (κ2) is 21.4. The number of rotatable bonds is 16. The van der Waals surface area contributed by atoms with E-state index in [1.807, 2.05) is 4.98 Å². The quantitative estimate of drug-likeness (QED) is 0.0517. The Labute approximate surface area is 282 Å². The van der Waals surface area contributed by atoms with E-state index in [1.54, 1.807) is 0 Å². The summed E-state index contributed by atoms with van der Waals surface area (Å²) in [6, 6.07) is 2.52. The first-order valence-electron chi connectivity index (χ1n) is 14.9. The van der Waals surface area contributed by atoms with Crippen LogP contribution >= 0.6 is 0 Å². The fraction of sp³-hybridized carbons (Fsp3) is 0.323. The summed E-state index contributed by atoms with van der Waals surface area (Å²) in [6.45, 7) is 3.87. The Hall–Kier alpha value is -6.53. The van der Waals surface area contributed by atoms with Crippen LogP contribution in [0.25, 0.3) is 0 Å². The van der Waals surface area contributed by atoms with Gasteiger partial charge in [-0.25, -0.2) is 28.8 Å². The van der Waals surface area contributed by atoms with Gasteiger partial charge in [-0.15, -0.1) is 0 Å². The number of aryl methyl sites for hydroxylation is 2. The zero-order valence-corrected chi connectivity index (χ0v) is 26.9. The van der Waals surface area contributed by atoms with Crippen molar-refractivity contribution < 1.29 is 42.9 Å². The van der Waals surface area contributed by atoms with Crippen molar-refractivity contribution in [1.82, 2.24) is 30.6 Å². The average molecular weight is 701 g/mol. The molecule has 0 saturated heterocycles. The number of carbonyl (C=O) groups excluding carboxylic acids is 5. The molecule has 50 heavy (non-hydrogen) atoms. The lowest BCUT2D eigenvalue weighted by atomic mass is 10.2. The Morgan fingerprint density at radius 2 is 1.04 bits per heavy atom. The number of hydrogen-bond acceptors (Lipinski definition) is 14. The van der Waals surface area contributed by atoms with Crippen LogP contribution in [0, 0.1) is 0 Å². The Bertz CT molecular complexity index is 1810. The van der Waals surface area contributed by atoms with E-state index in [0.717, 1.165) is 24.3 Å². The minimum absolute atomic E-state index is 0.0496. The minimum atomic E-state index is -0.715. The molecule has 1 aliphatic rings. The van der Waals surface area contributed by atoms with Gasteiger partial charge in [0, 0.05) is 59.6 Å². The molecule has 6 N–H and O–H groups in total. The minimum Gasteiger partial charge on any atom is -0.466 e. The van der Waals surface area contributed by atoms with E-state index in [9.17, 15) is 43.2 Å². The molecule has 2 aromatic heterocycles. The predicted molar refractivity (Wildman–Crippen MR) is 173 cm³/mol. The van der Waals surface area contributed by atoms with Crippen LogP contribution in [-0.4, -0.2) is 76.7 Å². The Kier molecular flexibility index (Phi) is 16.9. The molecule has 268 valence electrons. The molecule has 0 bridgehead atoms. The predicted octanol–water partition coefficient (Wildman–Crippen LogP) is -1.24. The van der Waals surface area contributed by atoms with Crippen molar-refractivity contribution in [3.63, 3.8) is 0 Å².